The van der Waals surface area contributed by atoms with Crippen molar-refractivity contribution in [3.8, 4) is 12.8 Å². The number of ether oxygens (including phenoxy) is 1. The lowest BCUT2D eigenvalue weighted by molar-refractivity contribution is -0.121. The van der Waals surface area contributed by atoms with Gasteiger partial charge in [-0.25, -0.2) is 8.42 Å². The summed E-state index contributed by atoms with van der Waals surface area (Å²) in [4.78, 5) is 23.1. The Morgan fingerprint density at radius 3 is 2.21 bits per heavy atom. The Balaban J connectivity index is 0.00000452. The molecule has 0 fully saturated rings. The third kappa shape index (κ3) is 13.9. The number of sulfone groups is 1. The summed E-state index contributed by atoms with van der Waals surface area (Å²) in [5.74, 6) is -0.167. The van der Waals surface area contributed by atoms with E-state index >= 15 is 0 Å². The Morgan fingerprint density at radius 1 is 1.00 bits per heavy atom. The molecule has 0 saturated carbocycles. The number of benzene rings is 2. The summed E-state index contributed by atoms with van der Waals surface area (Å²) < 4.78 is 31.1. The van der Waals surface area contributed by atoms with Crippen LogP contribution in [0, 0.1) is 18.8 Å². The molecular formula is C34H49N3O4S2. The molecule has 9 heteroatoms. The Kier molecular flexibility index (Phi) is 19.2. The van der Waals surface area contributed by atoms with Crippen LogP contribution in [-0.4, -0.2) is 50.7 Å². The van der Waals surface area contributed by atoms with Crippen LogP contribution in [0.3, 0.4) is 0 Å². The number of aliphatic imine (C=N–C) groups is 2. The Hall–Kier alpha value is -2.93. The lowest BCUT2D eigenvalue weighted by Crippen LogP contribution is -2.35. The molecule has 2 atom stereocenters. The number of aryl methyl sites for hydroxylation is 1. The van der Waals surface area contributed by atoms with E-state index in [-0.39, 0.29) is 29.3 Å². The number of amides is 1. The number of nitrogens with one attached hydrogen (secondary N) is 1. The number of amidine groups is 1. The van der Waals surface area contributed by atoms with E-state index < -0.39 is 15.8 Å². The average molecular weight is 628 g/mol. The van der Waals surface area contributed by atoms with Crippen LogP contribution >= 0.6 is 11.8 Å². The van der Waals surface area contributed by atoms with E-state index in [2.05, 4.69) is 50.9 Å². The third-order valence-electron chi connectivity index (χ3n) is 7.22. The van der Waals surface area contributed by atoms with Gasteiger partial charge in [-0.3, -0.25) is 14.8 Å². The van der Waals surface area contributed by atoms with E-state index in [9.17, 15) is 13.2 Å². The van der Waals surface area contributed by atoms with E-state index in [4.69, 9.17) is 9.73 Å². The molecule has 0 aliphatic carbocycles. The zero-order chi connectivity index (χ0) is 32.1. The van der Waals surface area contributed by atoms with Crippen molar-refractivity contribution < 1.29 is 17.9 Å². The molecule has 0 aromatic heterocycles. The molecule has 2 unspecified atom stereocenters. The first kappa shape index (κ1) is 38.1. The largest absolute Gasteiger partial charge is 0.363 e. The van der Waals surface area contributed by atoms with E-state index in [0.717, 1.165) is 43.2 Å². The van der Waals surface area contributed by atoms with E-state index in [0.29, 0.717) is 23.9 Å². The normalized spacial score (nSPS) is 13.3. The third-order valence-corrected chi connectivity index (χ3v) is 9.64. The van der Waals surface area contributed by atoms with Crippen molar-refractivity contribution in [3.63, 3.8) is 0 Å². The molecule has 1 N–H and O–H groups in total. The molecule has 0 aliphatic rings. The molecule has 2 aromatic carbocycles. The van der Waals surface area contributed by atoms with Gasteiger partial charge in [0, 0.05) is 7.11 Å². The molecule has 0 spiro atoms. The predicted molar refractivity (Wildman–Crippen MR) is 182 cm³/mol. The number of methoxy groups -OCH3 is 1. The molecule has 0 saturated heterocycles. The van der Waals surface area contributed by atoms with Gasteiger partial charge in [0.05, 0.1) is 28.2 Å². The minimum atomic E-state index is -3.46. The summed E-state index contributed by atoms with van der Waals surface area (Å²) in [5, 5.41) is 3.58. The molecule has 236 valence electrons. The Morgan fingerprint density at radius 2 is 1.65 bits per heavy atom. The van der Waals surface area contributed by atoms with Gasteiger partial charge in [0.15, 0.2) is 15.0 Å². The molecular weight excluding hydrogens is 579 g/mol. The summed E-state index contributed by atoms with van der Waals surface area (Å²) in [7, 11) is -1.88. The molecule has 0 aliphatic heterocycles. The molecule has 0 radical (unpaired) electrons. The minimum absolute atomic E-state index is 0.0341. The monoisotopic (exact) mass is 627 g/mol. The van der Waals surface area contributed by atoms with Crippen LogP contribution in [0.4, 0.5) is 0 Å². The number of carbonyl (C=O) groups excluding carboxylic acids is 1. The van der Waals surface area contributed by atoms with Crippen LogP contribution in [0.15, 0.2) is 69.5 Å². The first-order chi connectivity index (χ1) is 20.8. The maximum absolute atomic E-state index is 13.8. The quantitative estimate of drug-likeness (QED) is 0.113. The number of carbonyl (C=O) groups is 1. The highest BCUT2D eigenvalue weighted by molar-refractivity contribution is 8.25. The second-order valence-electron chi connectivity index (χ2n) is 10.2. The van der Waals surface area contributed by atoms with Crippen LogP contribution in [0.1, 0.15) is 83.3 Å². The maximum atomic E-state index is 13.8. The molecule has 2 aromatic rings. The lowest BCUT2D eigenvalue weighted by atomic mass is 9.85. The number of hydrogen-bond acceptors (Lipinski definition) is 7. The second kappa shape index (κ2) is 21.7. The number of hydrogen-bond donors (Lipinski definition) is 1. The molecule has 2 rings (SSSR count). The van der Waals surface area contributed by atoms with Crippen LogP contribution in [-0.2, 0) is 25.8 Å². The van der Waals surface area contributed by atoms with Gasteiger partial charge in [0.25, 0.3) is 0 Å². The summed E-state index contributed by atoms with van der Waals surface area (Å²) >= 11 is 1.27. The van der Waals surface area contributed by atoms with Gasteiger partial charge < -0.3 is 10.1 Å². The zero-order valence-electron chi connectivity index (χ0n) is 26.4. The summed E-state index contributed by atoms with van der Waals surface area (Å²) in [5.41, 5.74) is 3.43. The highest BCUT2D eigenvalue weighted by Crippen LogP contribution is 2.30. The fourth-order valence-corrected chi connectivity index (χ4v) is 6.56. The Bertz CT molecular complexity index is 1240. The van der Waals surface area contributed by atoms with Gasteiger partial charge in [-0.05, 0) is 66.6 Å². The molecule has 0 heterocycles. The standard InChI is InChI=1S/C32H47N3O4S2.C2H2/c1-6-13-25(7-2)22-30(31(36)35-32(34-28(8-3)9-4)40-24-33-23-39-5)27-16-18-29(19-17-27)41(37,38)21-20-26-14-11-10-12-15-26;1-2/h10-12,14-19,24-25,28,30H,6-9,13,20-23H2,1-5H3,(H,34,35,36);1-2H/b33-24+;. The summed E-state index contributed by atoms with van der Waals surface area (Å²) in [6, 6.07) is 16.6. The zero-order valence-corrected chi connectivity index (χ0v) is 28.0. The van der Waals surface area contributed by atoms with Crippen molar-refractivity contribution in [1.29, 1.82) is 0 Å². The topological polar surface area (TPSA) is 97.2 Å². The van der Waals surface area contributed by atoms with E-state index in [1.165, 1.54) is 11.8 Å². The highest BCUT2D eigenvalue weighted by Gasteiger charge is 2.26. The first-order valence-corrected chi connectivity index (χ1v) is 17.5. The maximum Gasteiger partial charge on any atom is 0.233 e. The fourth-order valence-electron chi connectivity index (χ4n) is 4.66. The van der Waals surface area contributed by atoms with Crippen LogP contribution in [0.25, 0.3) is 0 Å². The summed E-state index contributed by atoms with van der Waals surface area (Å²) in [6.45, 7) is 8.70. The number of terminal acetylenes is 1. The van der Waals surface area contributed by atoms with Crippen molar-refractivity contribution in [3.05, 3.63) is 65.7 Å². The van der Waals surface area contributed by atoms with Crippen molar-refractivity contribution in [2.24, 2.45) is 15.9 Å². The van der Waals surface area contributed by atoms with Crippen molar-refractivity contribution in [2.45, 2.75) is 89.5 Å². The van der Waals surface area contributed by atoms with Crippen molar-refractivity contribution in [2.75, 3.05) is 19.6 Å². The van der Waals surface area contributed by atoms with Gasteiger partial charge in [-0.15, -0.1) is 12.8 Å². The van der Waals surface area contributed by atoms with Crippen molar-refractivity contribution in [1.82, 2.24) is 5.32 Å². The highest BCUT2D eigenvalue weighted by atomic mass is 32.2. The van der Waals surface area contributed by atoms with Gasteiger partial charge >= 0.3 is 0 Å². The van der Waals surface area contributed by atoms with E-state index in [1.807, 2.05) is 30.3 Å². The van der Waals surface area contributed by atoms with Gasteiger partial charge in [-0.2, -0.15) is 0 Å². The van der Waals surface area contributed by atoms with Gasteiger partial charge in [0.1, 0.15) is 6.73 Å². The SMILES string of the molecule is C#C.CCCC(CC)CC(C(=O)NC(=NC(CC)CC)S/C=N/COC)c1ccc(S(=O)(=O)CCc2ccccc2)cc1. The predicted octanol–water partition coefficient (Wildman–Crippen LogP) is 7.28. The number of rotatable bonds is 17. The fraction of sp³-hybridized carbons (Fsp3) is 0.500. The molecule has 43 heavy (non-hydrogen) atoms. The molecule has 1 amide bonds. The van der Waals surface area contributed by atoms with E-state index in [1.54, 1.807) is 36.9 Å². The number of thioether (sulfide) groups is 1. The van der Waals surface area contributed by atoms with Crippen molar-refractivity contribution >= 4 is 38.2 Å². The van der Waals surface area contributed by atoms with Gasteiger partial charge in [0.2, 0.25) is 5.91 Å². The smallest absolute Gasteiger partial charge is 0.233 e. The van der Waals surface area contributed by atoms with Gasteiger partial charge in [-0.1, -0.05) is 89.4 Å². The Labute approximate surface area is 264 Å². The lowest BCUT2D eigenvalue weighted by Gasteiger charge is -2.23. The number of nitrogens with zero attached hydrogens (tertiary/aromatic N) is 2. The second-order valence-corrected chi connectivity index (χ2v) is 13.1. The molecule has 7 nitrogen and oxygen atoms in total. The van der Waals surface area contributed by atoms with Crippen LogP contribution in [0.2, 0.25) is 0 Å². The summed E-state index contributed by atoms with van der Waals surface area (Å²) in [6.07, 6.45) is 13.9. The molecule has 0 bridgehead atoms. The average Bonchev–Trinajstić information content (AvgIpc) is 3.04. The van der Waals surface area contributed by atoms with Crippen LogP contribution < -0.4 is 5.32 Å². The minimum Gasteiger partial charge on any atom is -0.363 e. The van der Waals surface area contributed by atoms with Crippen LogP contribution in [0.5, 0.6) is 0 Å². The first-order valence-electron chi connectivity index (χ1n) is 15.0.